The normalized spacial score (nSPS) is 12.7. The molecule has 0 aromatic heterocycles. The van der Waals surface area contributed by atoms with Crippen molar-refractivity contribution < 1.29 is 14.3 Å². The number of thioether (sulfide) groups is 1. The topological polar surface area (TPSA) is 47.6 Å². The van der Waals surface area contributed by atoms with E-state index >= 15 is 0 Å². The molecule has 1 N–H and O–H groups in total. The fraction of sp³-hybridized carbons (Fsp3) is 0.278. The third kappa shape index (κ3) is 4.58. The smallest absolute Gasteiger partial charge is 0.251 e. The van der Waals surface area contributed by atoms with Crippen molar-refractivity contribution in [3.63, 3.8) is 0 Å². The molecule has 0 atom stereocenters. The zero-order chi connectivity index (χ0) is 16.8. The van der Waals surface area contributed by atoms with Crippen LogP contribution in [0.5, 0.6) is 11.5 Å². The predicted octanol–water partition coefficient (Wildman–Crippen LogP) is 3.77. The fourth-order valence-corrected chi connectivity index (χ4v) is 3.36. The van der Waals surface area contributed by atoms with E-state index in [1.54, 1.807) is 30.0 Å². The molecule has 3 rings (SSSR count). The highest BCUT2D eigenvalue weighted by Gasteiger charge is 2.14. The van der Waals surface area contributed by atoms with Crippen LogP contribution in [-0.4, -0.2) is 31.4 Å². The van der Waals surface area contributed by atoms with E-state index in [1.165, 1.54) is 5.56 Å². The molecule has 0 fully saturated rings. The van der Waals surface area contributed by atoms with Crippen LogP contribution in [0.25, 0.3) is 0 Å². The molecular weight excluding hydrogens is 346 g/mol. The van der Waals surface area contributed by atoms with Crippen LogP contribution in [0.15, 0.2) is 42.5 Å². The number of carbonyl (C=O) groups is 1. The SMILES string of the molecule is O=C(NCCSCc1cccc(Cl)c1)c1ccc2c(c1)OCCO2. The summed E-state index contributed by atoms with van der Waals surface area (Å²) in [4.78, 5) is 12.2. The molecule has 0 bridgehead atoms. The molecule has 2 aromatic rings. The van der Waals surface area contributed by atoms with Gasteiger partial charge in [0.05, 0.1) is 0 Å². The summed E-state index contributed by atoms with van der Waals surface area (Å²) in [7, 11) is 0. The van der Waals surface area contributed by atoms with Crippen molar-refractivity contribution in [2.75, 3.05) is 25.5 Å². The van der Waals surface area contributed by atoms with Gasteiger partial charge in [-0.1, -0.05) is 23.7 Å². The van der Waals surface area contributed by atoms with Crippen LogP contribution in [-0.2, 0) is 5.75 Å². The largest absolute Gasteiger partial charge is 0.486 e. The molecule has 0 saturated carbocycles. The van der Waals surface area contributed by atoms with E-state index in [0.29, 0.717) is 36.8 Å². The maximum absolute atomic E-state index is 12.2. The average molecular weight is 364 g/mol. The van der Waals surface area contributed by atoms with Crippen molar-refractivity contribution in [3.05, 3.63) is 58.6 Å². The van der Waals surface area contributed by atoms with Gasteiger partial charge in [-0.15, -0.1) is 0 Å². The zero-order valence-corrected chi connectivity index (χ0v) is 14.7. The van der Waals surface area contributed by atoms with E-state index in [1.807, 2.05) is 24.3 Å². The number of rotatable bonds is 6. The van der Waals surface area contributed by atoms with E-state index in [-0.39, 0.29) is 5.91 Å². The highest BCUT2D eigenvalue weighted by atomic mass is 35.5. The van der Waals surface area contributed by atoms with E-state index in [0.717, 1.165) is 16.5 Å². The summed E-state index contributed by atoms with van der Waals surface area (Å²) in [6.07, 6.45) is 0. The van der Waals surface area contributed by atoms with Crippen molar-refractivity contribution in [1.29, 1.82) is 0 Å². The Labute approximate surface area is 150 Å². The second-order valence-electron chi connectivity index (χ2n) is 5.30. The lowest BCUT2D eigenvalue weighted by Gasteiger charge is -2.18. The molecule has 4 nitrogen and oxygen atoms in total. The first-order valence-corrected chi connectivity index (χ1v) is 9.26. The molecule has 1 heterocycles. The standard InChI is InChI=1S/C18H18ClNO3S/c19-15-3-1-2-13(10-15)12-24-9-6-20-18(21)14-4-5-16-17(11-14)23-8-7-22-16/h1-5,10-11H,6-9,12H2,(H,20,21). The number of nitrogens with one attached hydrogen (secondary N) is 1. The number of carbonyl (C=O) groups excluding carboxylic acids is 1. The van der Waals surface area contributed by atoms with Crippen LogP contribution in [0.2, 0.25) is 5.02 Å². The third-order valence-electron chi connectivity index (χ3n) is 3.49. The number of hydrogen-bond donors (Lipinski definition) is 1. The highest BCUT2D eigenvalue weighted by Crippen LogP contribution is 2.30. The molecule has 0 saturated heterocycles. The summed E-state index contributed by atoms with van der Waals surface area (Å²) < 4.78 is 10.9. The quantitative estimate of drug-likeness (QED) is 0.793. The Balaban J connectivity index is 1.42. The molecule has 24 heavy (non-hydrogen) atoms. The molecule has 1 aliphatic rings. The van der Waals surface area contributed by atoms with Crippen LogP contribution >= 0.6 is 23.4 Å². The van der Waals surface area contributed by atoms with Crippen molar-refractivity contribution >= 4 is 29.3 Å². The minimum atomic E-state index is -0.102. The third-order valence-corrected chi connectivity index (χ3v) is 4.76. The van der Waals surface area contributed by atoms with Gasteiger partial charge in [-0.2, -0.15) is 11.8 Å². The lowest BCUT2D eigenvalue weighted by Crippen LogP contribution is -2.26. The van der Waals surface area contributed by atoms with Gasteiger partial charge in [0.2, 0.25) is 0 Å². The van der Waals surface area contributed by atoms with E-state index in [2.05, 4.69) is 5.32 Å². The monoisotopic (exact) mass is 363 g/mol. The molecule has 1 aliphatic heterocycles. The summed E-state index contributed by atoms with van der Waals surface area (Å²) in [5, 5.41) is 3.67. The Kier molecular flexibility index (Phi) is 5.88. The first-order valence-electron chi connectivity index (χ1n) is 7.72. The first-order chi connectivity index (χ1) is 11.7. The van der Waals surface area contributed by atoms with Gasteiger partial charge in [-0.05, 0) is 35.9 Å². The van der Waals surface area contributed by atoms with Gasteiger partial charge in [0.1, 0.15) is 13.2 Å². The Morgan fingerprint density at radius 2 is 1.96 bits per heavy atom. The van der Waals surface area contributed by atoms with Gasteiger partial charge < -0.3 is 14.8 Å². The minimum Gasteiger partial charge on any atom is -0.486 e. The van der Waals surface area contributed by atoms with Gasteiger partial charge >= 0.3 is 0 Å². The second kappa shape index (κ2) is 8.31. The van der Waals surface area contributed by atoms with Crippen molar-refractivity contribution in [2.45, 2.75) is 5.75 Å². The molecule has 1 amide bonds. The maximum Gasteiger partial charge on any atom is 0.251 e. The Morgan fingerprint density at radius 3 is 2.79 bits per heavy atom. The zero-order valence-electron chi connectivity index (χ0n) is 13.1. The fourth-order valence-electron chi connectivity index (χ4n) is 2.34. The summed E-state index contributed by atoms with van der Waals surface area (Å²) in [5.41, 5.74) is 1.77. The number of fused-ring (bicyclic) bond motifs is 1. The summed E-state index contributed by atoms with van der Waals surface area (Å²) in [6.45, 7) is 1.67. The van der Waals surface area contributed by atoms with Gasteiger partial charge in [-0.3, -0.25) is 4.79 Å². The summed E-state index contributed by atoms with van der Waals surface area (Å²) in [6, 6.07) is 13.1. The predicted molar refractivity (Wildman–Crippen MR) is 97.4 cm³/mol. The summed E-state index contributed by atoms with van der Waals surface area (Å²) >= 11 is 7.72. The van der Waals surface area contributed by atoms with Crippen LogP contribution in [0.3, 0.4) is 0 Å². The minimum absolute atomic E-state index is 0.102. The molecule has 0 radical (unpaired) electrons. The van der Waals surface area contributed by atoms with Gasteiger partial charge in [0.25, 0.3) is 5.91 Å². The molecular formula is C18H18ClNO3S. The number of benzene rings is 2. The van der Waals surface area contributed by atoms with Crippen molar-refractivity contribution in [1.82, 2.24) is 5.32 Å². The van der Waals surface area contributed by atoms with Gasteiger partial charge in [0.15, 0.2) is 11.5 Å². The highest BCUT2D eigenvalue weighted by molar-refractivity contribution is 7.98. The van der Waals surface area contributed by atoms with Gasteiger partial charge in [0, 0.05) is 28.6 Å². The van der Waals surface area contributed by atoms with Crippen molar-refractivity contribution in [2.24, 2.45) is 0 Å². The maximum atomic E-state index is 12.2. The second-order valence-corrected chi connectivity index (χ2v) is 6.84. The molecule has 0 aliphatic carbocycles. The molecule has 126 valence electrons. The Hall–Kier alpha value is -1.85. The van der Waals surface area contributed by atoms with Crippen LogP contribution in [0.4, 0.5) is 0 Å². The van der Waals surface area contributed by atoms with Crippen LogP contribution < -0.4 is 14.8 Å². The average Bonchev–Trinajstić information content (AvgIpc) is 2.61. The van der Waals surface area contributed by atoms with Crippen molar-refractivity contribution in [3.8, 4) is 11.5 Å². The number of halogens is 1. The van der Waals surface area contributed by atoms with E-state index in [4.69, 9.17) is 21.1 Å². The summed E-state index contributed by atoms with van der Waals surface area (Å²) in [5.74, 6) is 2.93. The first kappa shape index (κ1) is 17.0. The van der Waals surface area contributed by atoms with E-state index in [9.17, 15) is 4.79 Å². The Bertz CT molecular complexity index is 723. The molecule has 6 heteroatoms. The lowest BCUT2D eigenvalue weighted by atomic mass is 10.2. The molecule has 0 unspecified atom stereocenters. The lowest BCUT2D eigenvalue weighted by molar-refractivity contribution is 0.0955. The Morgan fingerprint density at radius 1 is 1.12 bits per heavy atom. The number of hydrogen-bond acceptors (Lipinski definition) is 4. The van der Waals surface area contributed by atoms with Crippen LogP contribution in [0, 0.1) is 0 Å². The van der Waals surface area contributed by atoms with E-state index < -0.39 is 0 Å². The van der Waals surface area contributed by atoms with Crippen LogP contribution in [0.1, 0.15) is 15.9 Å². The number of amides is 1. The molecule has 0 spiro atoms. The molecule has 2 aromatic carbocycles. The number of ether oxygens (including phenoxy) is 2. The van der Waals surface area contributed by atoms with Gasteiger partial charge in [-0.25, -0.2) is 0 Å².